The van der Waals surface area contributed by atoms with Crippen LogP contribution in [0, 0.1) is 0 Å². The Kier molecular flexibility index (Phi) is 9.88. The monoisotopic (exact) mass is 466 g/mol. The largest absolute Gasteiger partial charge is 0.297 e. The van der Waals surface area contributed by atoms with Gasteiger partial charge in [-0.3, -0.25) is 10.4 Å². The number of nitrogens with zero attached hydrogens (tertiary/aromatic N) is 1. The van der Waals surface area contributed by atoms with Crippen LogP contribution in [-0.4, -0.2) is 0 Å². The van der Waals surface area contributed by atoms with Gasteiger partial charge in [0.2, 0.25) is 0 Å². The van der Waals surface area contributed by atoms with Gasteiger partial charge in [0, 0.05) is 0 Å². The Morgan fingerprint density at radius 3 is 1.83 bits per heavy atom. The highest BCUT2D eigenvalue weighted by Gasteiger charge is 2.27. The predicted molar refractivity (Wildman–Crippen MR) is 151 cm³/mol. The fourth-order valence-electron chi connectivity index (χ4n) is 5.00. The number of para-hydroxylation sites is 1. The van der Waals surface area contributed by atoms with Gasteiger partial charge < -0.3 is 0 Å². The van der Waals surface area contributed by atoms with Crippen LogP contribution in [-0.2, 0) is 6.42 Å². The topological polar surface area (TPSA) is 15.3 Å². The molecule has 0 amide bonds. The van der Waals surface area contributed by atoms with E-state index in [4.69, 9.17) is 0 Å². The third kappa shape index (κ3) is 7.49. The molecule has 0 saturated heterocycles. The lowest BCUT2D eigenvalue weighted by Gasteiger charge is -2.27. The molecule has 0 spiro atoms. The summed E-state index contributed by atoms with van der Waals surface area (Å²) in [6, 6.07) is 30.7. The summed E-state index contributed by atoms with van der Waals surface area (Å²) in [5.74, 6) is 0. The second-order valence-electron chi connectivity index (χ2n) is 9.88. The first-order valence-corrected chi connectivity index (χ1v) is 13.8. The molecule has 1 heterocycles. The van der Waals surface area contributed by atoms with E-state index in [0.717, 1.165) is 5.70 Å². The highest BCUT2D eigenvalue weighted by Crippen LogP contribution is 2.35. The number of hydrogen-bond donors (Lipinski definition) is 1. The number of nitrogens with one attached hydrogen (secondary N) is 1. The molecular weight excluding hydrogens is 424 g/mol. The quantitative estimate of drug-likeness (QED) is 0.238. The van der Waals surface area contributed by atoms with E-state index in [1.165, 1.54) is 93.0 Å². The minimum Gasteiger partial charge on any atom is -0.297 e. The number of unbranched alkanes of at least 4 members (excludes halogenated alkanes) is 9. The van der Waals surface area contributed by atoms with Crippen molar-refractivity contribution in [2.45, 2.75) is 83.6 Å². The molecule has 0 bridgehead atoms. The molecule has 0 radical (unpaired) electrons. The standard InChI is InChI=1S/C33H42N2/c1-2-3-4-5-6-7-8-9-10-13-18-28-23-25-30(26-24-28)33-27-32(29-19-14-11-15-20-29)34-35(33)31-21-16-12-17-22-31/h11-12,14-17,19-27,33-34H,2-10,13,18H2,1H3. The number of benzene rings is 3. The molecule has 0 saturated carbocycles. The molecule has 1 unspecified atom stereocenters. The minimum atomic E-state index is 0.166. The molecule has 1 aliphatic heterocycles. The number of rotatable bonds is 14. The second kappa shape index (κ2) is 13.8. The van der Waals surface area contributed by atoms with E-state index in [9.17, 15) is 0 Å². The van der Waals surface area contributed by atoms with Gasteiger partial charge in [0.1, 0.15) is 0 Å². The Bertz CT molecular complexity index is 1010. The number of aryl methyl sites for hydroxylation is 1. The number of hydrazine groups is 1. The minimum absolute atomic E-state index is 0.166. The summed E-state index contributed by atoms with van der Waals surface area (Å²) in [7, 11) is 0. The van der Waals surface area contributed by atoms with Crippen molar-refractivity contribution >= 4 is 11.4 Å². The van der Waals surface area contributed by atoms with E-state index in [0.29, 0.717) is 0 Å². The maximum Gasteiger partial charge on any atom is 0.0958 e. The van der Waals surface area contributed by atoms with Gasteiger partial charge >= 0.3 is 0 Å². The van der Waals surface area contributed by atoms with Crippen LogP contribution in [0.1, 0.15) is 93.9 Å². The van der Waals surface area contributed by atoms with Crippen LogP contribution in [0.2, 0.25) is 0 Å². The molecule has 4 rings (SSSR count). The zero-order valence-electron chi connectivity index (χ0n) is 21.5. The van der Waals surface area contributed by atoms with Gasteiger partial charge in [-0.15, -0.1) is 0 Å². The average Bonchev–Trinajstić information content (AvgIpc) is 3.37. The number of anilines is 1. The van der Waals surface area contributed by atoms with Crippen molar-refractivity contribution in [1.82, 2.24) is 5.43 Å². The highest BCUT2D eigenvalue weighted by atomic mass is 15.5. The lowest BCUT2D eigenvalue weighted by Crippen LogP contribution is -2.33. The Labute approximate surface area is 213 Å². The zero-order chi connectivity index (χ0) is 24.1. The summed E-state index contributed by atoms with van der Waals surface area (Å²) >= 11 is 0. The van der Waals surface area contributed by atoms with Crippen LogP contribution in [0.4, 0.5) is 5.69 Å². The van der Waals surface area contributed by atoms with Crippen molar-refractivity contribution < 1.29 is 0 Å². The molecule has 3 aromatic rings. The molecule has 1 atom stereocenters. The van der Waals surface area contributed by atoms with E-state index in [1.807, 2.05) is 0 Å². The third-order valence-corrected chi connectivity index (χ3v) is 7.10. The van der Waals surface area contributed by atoms with Gasteiger partial charge in [0.15, 0.2) is 0 Å². The van der Waals surface area contributed by atoms with Crippen molar-refractivity contribution in [3.8, 4) is 0 Å². The average molecular weight is 467 g/mol. The molecule has 0 fully saturated rings. The van der Waals surface area contributed by atoms with Crippen molar-refractivity contribution in [1.29, 1.82) is 0 Å². The smallest absolute Gasteiger partial charge is 0.0958 e. The molecule has 1 aliphatic rings. The predicted octanol–water partition coefficient (Wildman–Crippen LogP) is 9.26. The maximum absolute atomic E-state index is 3.65. The summed E-state index contributed by atoms with van der Waals surface area (Å²) in [6.45, 7) is 2.29. The van der Waals surface area contributed by atoms with Gasteiger partial charge in [-0.05, 0) is 47.7 Å². The van der Waals surface area contributed by atoms with Crippen molar-refractivity contribution in [2.75, 3.05) is 5.01 Å². The van der Waals surface area contributed by atoms with Crippen molar-refractivity contribution in [2.24, 2.45) is 0 Å². The van der Waals surface area contributed by atoms with Crippen LogP contribution >= 0.6 is 0 Å². The maximum atomic E-state index is 3.65. The summed E-state index contributed by atoms with van der Waals surface area (Å²) < 4.78 is 0. The van der Waals surface area contributed by atoms with Crippen LogP contribution in [0.5, 0.6) is 0 Å². The molecular formula is C33H42N2. The van der Waals surface area contributed by atoms with E-state index in [2.05, 4.69) is 108 Å². The summed E-state index contributed by atoms with van der Waals surface area (Å²) in [4.78, 5) is 0. The molecule has 35 heavy (non-hydrogen) atoms. The third-order valence-electron chi connectivity index (χ3n) is 7.10. The molecule has 2 heteroatoms. The van der Waals surface area contributed by atoms with E-state index >= 15 is 0 Å². The van der Waals surface area contributed by atoms with E-state index in [1.54, 1.807) is 0 Å². The van der Waals surface area contributed by atoms with Crippen LogP contribution in [0.25, 0.3) is 5.70 Å². The summed E-state index contributed by atoms with van der Waals surface area (Å²) in [6.07, 6.45) is 17.4. The van der Waals surface area contributed by atoms with Crippen LogP contribution in [0.3, 0.4) is 0 Å². The Hall–Kier alpha value is -3.00. The van der Waals surface area contributed by atoms with Crippen molar-refractivity contribution in [3.05, 3.63) is 108 Å². The Morgan fingerprint density at radius 1 is 0.629 bits per heavy atom. The first kappa shape index (κ1) is 25.1. The fraction of sp³-hybridized carbons (Fsp3) is 0.394. The fourth-order valence-corrected chi connectivity index (χ4v) is 5.00. The molecule has 1 N–H and O–H groups in total. The normalized spacial score (nSPS) is 15.2. The van der Waals surface area contributed by atoms with Gasteiger partial charge in [-0.1, -0.05) is 138 Å². The molecule has 184 valence electrons. The molecule has 3 aromatic carbocycles. The van der Waals surface area contributed by atoms with Crippen LogP contribution in [0.15, 0.2) is 91.0 Å². The first-order chi connectivity index (χ1) is 17.3. The zero-order valence-corrected chi connectivity index (χ0v) is 21.5. The molecule has 0 aromatic heterocycles. The SMILES string of the molecule is CCCCCCCCCCCCc1ccc(C2C=C(c3ccccc3)NN2c2ccccc2)cc1. The van der Waals surface area contributed by atoms with E-state index < -0.39 is 0 Å². The van der Waals surface area contributed by atoms with Crippen molar-refractivity contribution in [3.63, 3.8) is 0 Å². The number of hydrogen-bond acceptors (Lipinski definition) is 2. The van der Waals surface area contributed by atoms with E-state index in [-0.39, 0.29) is 6.04 Å². The second-order valence-corrected chi connectivity index (χ2v) is 9.88. The van der Waals surface area contributed by atoms with Gasteiger partial charge in [0.25, 0.3) is 0 Å². The Balaban J connectivity index is 1.30. The Morgan fingerprint density at radius 2 is 1.20 bits per heavy atom. The summed E-state index contributed by atoms with van der Waals surface area (Å²) in [5, 5.41) is 2.28. The first-order valence-electron chi connectivity index (χ1n) is 13.8. The summed E-state index contributed by atoms with van der Waals surface area (Å²) in [5.41, 5.74) is 9.98. The van der Waals surface area contributed by atoms with Crippen LogP contribution < -0.4 is 10.4 Å². The molecule has 0 aliphatic carbocycles. The van der Waals surface area contributed by atoms with Gasteiger partial charge in [-0.25, -0.2) is 0 Å². The molecule has 2 nitrogen and oxygen atoms in total. The van der Waals surface area contributed by atoms with Gasteiger partial charge in [-0.2, -0.15) is 0 Å². The highest BCUT2D eigenvalue weighted by molar-refractivity contribution is 5.72. The van der Waals surface area contributed by atoms with Gasteiger partial charge in [0.05, 0.1) is 17.4 Å². The lowest BCUT2D eigenvalue weighted by atomic mass is 10.00. The lowest BCUT2D eigenvalue weighted by molar-refractivity contribution is 0.556.